The molecule has 1 rings (SSSR count). The third-order valence-corrected chi connectivity index (χ3v) is 2.44. The highest BCUT2D eigenvalue weighted by Crippen LogP contribution is 2.34. The number of imidazole rings is 1. The van der Waals surface area contributed by atoms with Crippen LogP contribution in [-0.2, 0) is 15.6 Å². The van der Waals surface area contributed by atoms with Crippen LogP contribution >= 0.6 is 20.2 Å². The lowest BCUT2D eigenvalue weighted by Crippen LogP contribution is -2.07. The Hall–Kier alpha value is -1.03. The fourth-order valence-electron chi connectivity index (χ4n) is 1.15. The number of aliphatic hydroxyl groups is 1. The van der Waals surface area contributed by atoms with E-state index in [1.807, 2.05) is 0 Å². The van der Waals surface area contributed by atoms with Gasteiger partial charge in [0, 0.05) is 6.92 Å². The molecule has 0 aliphatic rings. The van der Waals surface area contributed by atoms with Crippen molar-refractivity contribution >= 4 is 26.0 Å². The number of hydrogen-bond donors (Lipinski definition) is 3. The molecule has 118 valence electrons. The molecule has 0 unspecified atom stereocenters. The summed E-state index contributed by atoms with van der Waals surface area (Å²) >= 11 is 0. The monoisotopic (exact) mass is 333 g/mol. The fraction of sp³-hybridized carbons (Fsp3) is 0.625. The van der Waals surface area contributed by atoms with Crippen molar-refractivity contribution in [3.63, 3.8) is 0 Å². The number of aryl methyl sites for hydroxylation is 1. The summed E-state index contributed by atoms with van der Waals surface area (Å²) < 4.78 is 15.0. The topological polar surface area (TPSA) is 148 Å². The maximum Gasteiger partial charge on any atom is 0.469 e. The standard InChI is InChI=1S/C6H9N3O3.C2H7O4P.ClH/c1-5-7-4-6(9(11)12)8(5)2-3-10;1-2-6-7(3,4)5;/h4,10H,2-3H2,1H3;2H2,1H3,(H2,3,4,5);1H. The van der Waals surface area contributed by atoms with Crippen LogP contribution in [0.1, 0.15) is 12.7 Å². The van der Waals surface area contributed by atoms with Gasteiger partial charge in [-0.15, -0.1) is 12.4 Å². The maximum atomic E-state index is 10.4. The Kier molecular flexibility index (Phi) is 10.4. The smallest absolute Gasteiger partial charge is 0.392 e. The van der Waals surface area contributed by atoms with E-state index in [-0.39, 0.29) is 38.0 Å². The number of aromatic nitrogens is 2. The van der Waals surface area contributed by atoms with E-state index in [0.29, 0.717) is 5.82 Å². The van der Waals surface area contributed by atoms with Crippen molar-refractivity contribution in [3.05, 3.63) is 22.1 Å². The number of nitro groups is 1. The fourth-order valence-corrected chi connectivity index (χ4v) is 1.48. The summed E-state index contributed by atoms with van der Waals surface area (Å²) in [5.74, 6) is 0.456. The van der Waals surface area contributed by atoms with Crippen molar-refractivity contribution in [1.29, 1.82) is 0 Å². The molecule has 0 bridgehead atoms. The highest BCUT2D eigenvalue weighted by atomic mass is 35.5. The van der Waals surface area contributed by atoms with Crippen molar-refractivity contribution in [2.24, 2.45) is 0 Å². The predicted molar refractivity (Wildman–Crippen MR) is 71.6 cm³/mol. The van der Waals surface area contributed by atoms with E-state index in [4.69, 9.17) is 14.9 Å². The van der Waals surface area contributed by atoms with Crippen molar-refractivity contribution in [1.82, 2.24) is 9.55 Å². The Morgan fingerprint density at radius 3 is 2.40 bits per heavy atom. The molecule has 0 aromatic carbocycles. The largest absolute Gasteiger partial charge is 0.469 e. The average molecular weight is 334 g/mol. The highest BCUT2D eigenvalue weighted by molar-refractivity contribution is 7.46. The third kappa shape index (κ3) is 8.20. The van der Waals surface area contributed by atoms with E-state index in [0.717, 1.165) is 0 Å². The molecule has 20 heavy (non-hydrogen) atoms. The molecule has 0 aliphatic heterocycles. The van der Waals surface area contributed by atoms with Gasteiger partial charge in [-0.3, -0.25) is 4.52 Å². The van der Waals surface area contributed by atoms with Crippen LogP contribution in [0.2, 0.25) is 0 Å². The van der Waals surface area contributed by atoms with Gasteiger partial charge in [0.15, 0.2) is 5.82 Å². The van der Waals surface area contributed by atoms with Gasteiger partial charge >= 0.3 is 13.6 Å². The average Bonchev–Trinajstić information content (AvgIpc) is 2.60. The van der Waals surface area contributed by atoms with E-state index in [9.17, 15) is 14.7 Å². The van der Waals surface area contributed by atoms with Gasteiger partial charge in [0.2, 0.25) is 0 Å². The molecular weight excluding hydrogens is 317 g/mol. The van der Waals surface area contributed by atoms with E-state index in [2.05, 4.69) is 9.51 Å². The number of halogens is 1. The number of phosphoric acid groups is 1. The quantitative estimate of drug-likeness (QED) is 0.403. The second kappa shape index (κ2) is 9.81. The predicted octanol–water partition coefficient (Wildman–Crippen LogP) is 0.629. The molecule has 0 saturated heterocycles. The first-order chi connectivity index (χ1) is 8.72. The lowest BCUT2D eigenvalue weighted by Gasteiger charge is -1.98. The van der Waals surface area contributed by atoms with Crippen molar-refractivity contribution in [2.45, 2.75) is 20.4 Å². The summed E-state index contributed by atoms with van der Waals surface area (Å²) in [4.78, 5) is 29.4. The summed E-state index contributed by atoms with van der Waals surface area (Å²) in [5.41, 5.74) is 0. The van der Waals surface area contributed by atoms with Crippen LogP contribution in [0, 0.1) is 17.0 Å². The molecule has 3 N–H and O–H groups in total. The number of hydrogen-bond acceptors (Lipinski definition) is 6. The van der Waals surface area contributed by atoms with Crippen molar-refractivity contribution in [2.75, 3.05) is 13.2 Å². The van der Waals surface area contributed by atoms with E-state index in [1.54, 1.807) is 6.92 Å². The summed E-state index contributed by atoms with van der Waals surface area (Å²) in [5, 5.41) is 19.0. The van der Waals surface area contributed by atoms with E-state index >= 15 is 0 Å². The second-order valence-corrected chi connectivity index (χ2v) is 4.44. The first-order valence-electron chi connectivity index (χ1n) is 5.20. The van der Waals surface area contributed by atoms with Gasteiger partial charge in [-0.1, -0.05) is 0 Å². The van der Waals surface area contributed by atoms with Crippen LogP contribution in [0.4, 0.5) is 5.82 Å². The molecule has 10 nitrogen and oxygen atoms in total. The minimum Gasteiger partial charge on any atom is -0.392 e. The summed E-state index contributed by atoms with van der Waals surface area (Å²) in [7, 11) is -4.17. The SMILES string of the molecule is CCOP(=O)(O)O.Cc1ncc([N+](=O)[O-])n1CCO.Cl. The first kappa shape index (κ1) is 21.3. The van der Waals surface area contributed by atoms with Crippen LogP contribution in [0.25, 0.3) is 0 Å². The molecule has 0 aliphatic carbocycles. The lowest BCUT2D eigenvalue weighted by molar-refractivity contribution is -0.392. The number of phosphoric ester groups is 1. The molecule has 12 heteroatoms. The molecule has 0 fully saturated rings. The van der Waals surface area contributed by atoms with Gasteiger partial charge in [0.1, 0.15) is 12.7 Å². The summed E-state index contributed by atoms with van der Waals surface area (Å²) in [6, 6.07) is 0. The lowest BCUT2D eigenvalue weighted by atomic mass is 10.6. The molecule has 0 amide bonds. The third-order valence-electron chi connectivity index (χ3n) is 1.84. The minimum absolute atomic E-state index is 0. The molecule has 0 atom stereocenters. The zero-order valence-corrected chi connectivity index (χ0v) is 12.6. The van der Waals surface area contributed by atoms with E-state index < -0.39 is 12.7 Å². The molecule has 0 spiro atoms. The van der Waals surface area contributed by atoms with Crippen LogP contribution in [-0.4, -0.2) is 42.6 Å². The zero-order chi connectivity index (χ0) is 15.1. The Bertz CT molecular complexity index is 461. The summed E-state index contributed by atoms with van der Waals surface area (Å²) in [6.45, 7) is 3.30. The Labute approximate surface area is 121 Å². The molecule has 0 radical (unpaired) electrons. The van der Waals surface area contributed by atoms with Gasteiger partial charge in [-0.25, -0.2) is 14.1 Å². The normalized spacial score (nSPS) is 10.2. The Morgan fingerprint density at radius 1 is 1.55 bits per heavy atom. The van der Waals surface area contributed by atoms with Crippen LogP contribution in [0.5, 0.6) is 0 Å². The van der Waals surface area contributed by atoms with Gasteiger partial charge in [0.25, 0.3) is 0 Å². The molecule has 1 aromatic heterocycles. The Balaban J connectivity index is 0. The molecule has 1 aromatic rings. The highest BCUT2D eigenvalue weighted by Gasteiger charge is 2.15. The molecule has 0 saturated carbocycles. The maximum absolute atomic E-state index is 10.4. The van der Waals surface area contributed by atoms with Gasteiger partial charge < -0.3 is 25.0 Å². The number of aliphatic hydroxyl groups excluding tert-OH is 1. The summed E-state index contributed by atoms with van der Waals surface area (Å²) in [6.07, 6.45) is 1.19. The van der Waals surface area contributed by atoms with Crippen LogP contribution in [0.15, 0.2) is 6.20 Å². The van der Waals surface area contributed by atoms with Crippen molar-refractivity contribution in [3.8, 4) is 0 Å². The Morgan fingerprint density at radius 2 is 2.10 bits per heavy atom. The number of nitrogens with zero attached hydrogens (tertiary/aromatic N) is 3. The number of rotatable bonds is 5. The van der Waals surface area contributed by atoms with Gasteiger partial charge in [-0.05, 0) is 11.8 Å². The second-order valence-electron chi connectivity index (χ2n) is 3.20. The molecule has 1 heterocycles. The molecular formula is C8H17ClN3O7P. The van der Waals surface area contributed by atoms with Crippen molar-refractivity contribution < 1.29 is 28.9 Å². The van der Waals surface area contributed by atoms with Gasteiger partial charge in [0.05, 0.1) is 13.2 Å². The van der Waals surface area contributed by atoms with Crippen LogP contribution < -0.4 is 0 Å². The zero-order valence-electron chi connectivity index (χ0n) is 10.9. The first-order valence-corrected chi connectivity index (χ1v) is 6.73. The minimum atomic E-state index is -4.17. The van der Waals surface area contributed by atoms with E-state index in [1.165, 1.54) is 17.7 Å². The van der Waals surface area contributed by atoms with Crippen LogP contribution in [0.3, 0.4) is 0 Å². The van der Waals surface area contributed by atoms with Gasteiger partial charge in [-0.2, -0.15) is 0 Å².